The summed E-state index contributed by atoms with van der Waals surface area (Å²) >= 11 is 0. The quantitative estimate of drug-likeness (QED) is 0.716. The Morgan fingerprint density at radius 2 is 1.81 bits per heavy atom. The average Bonchev–Trinajstić information content (AvgIpc) is 2.09. The first-order chi connectivity index (χ1) is 7.08. The van der Waals surface area contributed by atoms with E-state index < -0.39 is 25.4 Å². The molecular formula is C10H23NO3S2. The van der Waals surface area contributed by atoms with Crippen molar-refractivity contribution < 1.29 is 12.6 Å². The van der Waals surface area contributed by atoms with E-state index in [4.69, 9.17) is 0 Å². The van der Waals surface area contributed by atoms with Crippen LogP contribution in [0, 0.1) is 0 Å². The van der Waals surface area contributed by atoms with Crippen LogP contribution >= 0.6 is 0 Å². The first kappa shape index (κ1) is 16.1. The lowest BCUT2D eigenvalue weighted by Gasteiger charge is -2.19. The van der Waals surface area contributed by atoms with Crippen molar-refractivity contribution in [3.05, 3.63) is 0 Å². The van der Waals surface area contributed by atoms with Crippen molar-refractivity contribution in [2.24, 2.45) is 0 Å². The third-order valence-corrected chi connectivity index (χ3v) is 6.39. The highest BCUT2D eigenvalue weighted by atomic mass is 32.2. The second-order valence-electron chi connectivity index (χ2n) is 4.94. The van der Waals surface area contributed by atoms with Gasteiger partial charge in [0.15, 0.2) is 9.84 Å². The molecule has 4 nitrogen and oxygen atoms in total. The van der Waals surface area contributed by atoms with Gasteiger partial charge in [-0.1, -0.05) is 0 Å². The van der Waals surface area contributed by atoms with Gasteiger partial charge in [-0.2, -0.15) is 0 Å². The lowest BCUT2D eigenvalue weighted by molar-refractivity contribution is 0.555. The van der Waals surface area contributed by atoms with Gasteiger partial charge in [0.25, 0.3) is 0 Å². The molecule has 2 atom stereocenters. The van der Waals surface area contributed by atoms with Crippen molar-refractivity contribution in [1.82, 2.24) is 5.32 Å². The van der Waals surface area contributed by atoms with Crippen LogP contribution in [0.1, 0.15) is 27.7 Å². The predicted molar refractivity (Wildman–Crippen MR) is 69.9 cm³/mol. The van der Waals surface area contributed by atoms with Gasteiger partial charge in [-0.3, -0.25) is 4.21 Å². The fraction of sp³-hybridized carbons (Fsp3) is 1.00. The van der Waals surface area contributed by atoms with Crippen LogP contribution in [-0.4, -0.2) is 47.7 Å². The van der Waals surface area contributed by atoms with E-state index in [1.54, 1.807) is 27.0 Å². The zero-order valence-electron chi connectivity index (χ0n) is 10.7. The summed E-state index contributed by atoms with van der Waals surface area (Å²) in [6.45, 7) is 7.98. The largest absolute Gasteiger partial charge is 0.315 e. The Balaban J connectivity index is 3.98. The van der Waals surface area contributed by atoms with E-state index in [2.05, 4.69) is 5.32 Å². The van der Waals surface area contributed by atoms with Crippen LogP contribution in [0.4, 0.5) is 0 Å². The van der Waals surface area contributed by atoms with Crippen molar-refractivity contribution >= 4 is 20.6 Å². The molecule has 0 aliphatic carbocycles. The van der Waals surface area contributed by atoms with E-state index >= 15 is 0 Å². The Morgan fingerprint density at radius 1 is 1.31 bits per heavy atom. The zero-order chi connectivity index (χ0) is 13.0. The van der Waals surface area contributed by atoms with Crippen molar-refractivity contribution in [3.8, 4) is 0 Å². The van der Waals surface area contributed by atoms with Crippen LogP contribution in [0.25, 0.3) is 0 Å². The van der Waals surface area contributed by atoms with Crippen LogP contribution in [-0.2, 0) is 20.6 Å². The van der Waals surface area contributed by atoms with Crippen LogP contribution in [0.3, 0.4) is 0 Å². The first-order valence-electron chi connectivity index (χ1n) is 5.33. The van der Waals surface area contributed by atoms with Gasteiger partial charge >= 0.3 is 0 Å². The minimum atomic E-state index is -3.05. The summed E-state index contributed by atoms with van der Waals surface area (Å²) < 4.78 is 33.8. The molecule has 1 N–H and O–H groups in total. The van der Waals surface area contributed by atoms with Gasteiger partial charge in [0, 0.05) is 35.4 Å². The average molecular weight is 269 g/mol. The van der Waals surface area contributed by atoms with E-state index in [1.165, 1.54) is 0 Å². The molecule has 0 rings (SSSR count). The summed E-state index contributed by atoms with van der Waals surface area (Å²) in [6, 6.07) is 0. The molecule has 0 aliphatic rings. The fourth-order valence-electron chi connectivity index (χ4n) is 0.935. The lowest BCUT2D eigenvalue weighted by atomic mass is 10.3. The molecule has 0 saturated carbocycles. The maximum absolute atomic E-state index is 11.7. The van der Waals surface area contributed by atoms with Gasteiger partial charge in [0.05, 0.1) is 10.5 Å². The molecule has 2 unspecified atom stereocenters. The highest BCUT2D eigenvalue weighted by molar-refractivity contribution is 7.92. The van der Waals surface area contributed by atoms with E-state index in [0.29, 0.717) is 13.1 Å². The maximum Gasteiger partial charge on any atom is 0.156 e. The number of hydrogen-bond donors (Lipinski definition) is 1. The second kappa shape index (κ2) is 6.12. The van der Waals surface area contributed by atoms with Crippen LogP contribution in [0.15, 0.2) is 0 Å². The molecule has 0 radical (unpaired) electrons. The van der Waals surface area contributed by atoms with E-state index in [1.807, 2.05) is 6.92 Å². The highest BCUT2D eigenvalue weighted by Gasteiger charge is 2.28. The van der Waals surface area contributed by atoms with Crippen molar-refractivity contribution in [2.45, 2.75) is 37.7 Å². The molecule has 0 amide bonds. The SMILES string of the molecule is CC(CNCCS(=O)(=O)C(C)(C)C)S(C)=O. The summed E-state index contributed by atoms with van der Waals surface area (Å²) in [7, 11) is -3.92. The molecular weight excluding hydrogens is 246 g/mol. The molecule has 0 heterocycles. The summed E-state index contributed by atoms with van der Waals surface area (Å²) in [6.07, 6.45) is 1.65. The molecule has 0 fully saturated rings. The van der Waals surface area contributed by atoms with Gasteiger partial charge in [0.2, 0.25) is 0 Å². The summed E-state index contributed by atoms with van der Waals surface area (Å²) in [4.78, 5) is 0. The molecule has 0 aliphatic heterocycles. The van der Waals surface area contributed by atoms with Crippen LogP contribution in [0.5, 0.6) is 0 Å². The number of sulfone groups is 1. The molecule has 0 aromatic rings. The second-order valence-corrected chi connectivity index (χ2v) is 9.61. The third kappa shape index (κ3) is 5.41. The Kier molecular flexibility index (Phi) is 6.14. The number of rotatable bonds is 6. The van der Waals surface area contributed by atoms with Crippen LogP contribution in [0.2, 0.25) is 0 Å². The number of hydrogen-bond acceptors (Lipinski definition) is 4. The third-order valence-electron chi connectivity index (χ3n) is 2.48. The minimum absolute atomic E-state index is 0.0531. The van der Waals surface area contributed by atoms with Gasteiger partial charge in [-0.25, -0.2) is 8.42 Å². The molecule has 0 bridgehead atoms. The molecule has 98 valence electrons. The molecule has 0 aromatic heterocycles. The standard InChI is InChI=1S/C10H23NO3S2/c1-9(15(5)12)8-11-6-7-16(13,14)10(2,3)4/h9,11H,6-8H2,1-5H3. The van der Waals surface area contributed by atoms with E-state index in [-0.39, 0.29) is 11.0 Å². The minimum Gasteiger partial charge on any atom is -0.315 e. The Bertz CT molecular complexity index is 330. The summed E-state index contributed by atoms with van der Waals surface area (Å²) in [5.41, 5.74) is 0. The Morgan fingerprint density at radius 3 is 2.19 bits per heavy atom. The van der Waals surface area contributed by atoms with Gasteiger partial charge in [-0.05, 0) is 27.7 Å². The normalized spacial score (nSPS) is 17.1. The Labute approximate surface area is 102 Å². The predicted octanol–water partition coefficient (Wildman–Crippen LogP) is 0.556. The molecule has 0 spiro atoms. The molecule has 16 heavy (non-hydrogen) atoms. The Hall–Kier alpha value is 0.0600. The van der Waals surface area contributed by atoms with Crippen molar-refractivity contribution in [3.63, 3.8) is 0 Å². The zero-order valence-corrected chi connectivity index (χ0v) is 12.4. The smallest absolute Gasteiger partial charge is 0.156 e. The van der Waals surface area contributed by atoms with E-state index in [0.717, 1.165) is 0 Å². The number of nitrogens with one attached hydrogen (secondary N) is 1. The van der Waals surface area contributed by atoms with Crippen molar-refractivity contribution in [2.75, 3.05) is 25.1 Å². The summed E-state index contributed by atoms with van der Waals surface area (Å²) in [5, 5.41) is 3.08. The maximum atomic E-state index is 11.7. The topological polar surface area (TPSA) is 63.2 Å². The monoisotopic (exact) mass is 269 g/mol. The van der Waals surface area contributed by atoms with Gasteiger partial charge in [-0.15, -0.1) is 0 Å². The van der Waals surface area contributed by atoms with Gasteiger partial charge in [0.1, 0.15) is 0 Å². The summed E-state index contributed by atoms with van der Waals surface area (Å²) in [5.74, 6) is 0.125. The molecule has 0 aromatic carbocycles. The molecule has 0 saturated heterocycles. The van der Waals surface area contributed by atoms with Crippen LogP contribution < -0.4 is 5.32 Å². The van der Waals surface area contributed by atoms with Crippen molar-refractivity contribution in [1.29, 1.82) is 0 Å². The first-order valence-corrected chi connectivity index (χ1v) is 8.60. The van der Waals surface area contributed by atoms with Gasteiger partial charge < -0.3 is 5.32 Å². The fourth-order valence-corrected chi connectivity index (χ4v) is 2.31. The lowest BCUT2D eigenvalue weighted by Crippen LogP contribution is -2.36. The highest BCUT2D eigenvalue weighted by Crippen LogP contribution is 2.15. The van der Waals surface area contributed by atoms with E-state index in [9.17, 15) is 12.6 Å². The molecule has 6 heteroatoms.